The average Bonchev–Trinajstić information content (AvgIpc) is 2.14. The molecular weight excluding hydrogens is 238 g/mol. The Balaban J connectivity index is 2.64. The lowest BCUT2D eigenvalue weighted by Gasteiger charge is -2.22. The second-order valence-corrected chi connectivity index (χ2v) is 5.30. The van der Waals surface area contributed by atoms with Crippen LogP contribution < -0.4 is 5.32 Å². The van der Waals surface area contributed by atoms with E-state index in [0.717, 1.165) is 5.56 Å². The molecule has 0 heterocycles. The Labute approximate surface area is 107 Å². The Morgan fingerprint density at radius 2 is 1.94 bits per heavy atom. The van der Waals surface area contributed by atoms with E-state index in [1.54, 1.807) is 6.07 Å². The van der Waals surface area contributed by atoms with Crippen molar-refractivity contribution in [1.82, 2.24) is 5.32 Å². The number of nitrogens with one attached hydrogen (secondary N) is 1. The van der Waals surface area contributed by atoms with Gasteiger partial charge in [-0.1, -0.05) is 29.8 Å². The van der Waals surface area contributed by atoms with Crippen LogP contribution in [0, 0.1) is 0 Å². The topological polar surface area (TPSA) is 38.3 Å². The highest BCUT2D eigenvalue weighted by Gasteiger charge is 2.18. The van der Waals surface area contributed by atoms with E-state index in [2.05, 4.69) is 5.32 Å². The first-order valence-electron chi connectivity index (χ1n) is 5.53. The zero-order chi connectivity index (χ0) is 13.1. The first kappa shape index (κ1) is 13.8. The Bertz CT molecular complexity index is 399. The minimum absolute atomic E-state index is 0.182. The van der Waals surface area contributed by atoms with Crippen LogP contribution >= 0.6 is 11.6 Å². The van der Waals surface area contributed by atoms with E-state index in [1.165, 1.54) is 0 Å². The number of benzene rings is 1. The summed E-state index contributed by atoms with van der Waals surface area (Å²) in [4.78, 5) is 11.6. The summed E-state index contributed by atoms with van der Waals surface area (Å²) in [7, 11) is 0. The molecule has 1 aromatic rings. The van der Waals surface area contributed by atoms with E-state index in [-0.39, 0.29) is 6.04 Å². The number of hydrogen-bond acceptors (Lipinski definition) is 2. The van der Waals surface area contributed by atoms with E-state index in [1.807, 2.05) is 45.9 Å². The summed E-state index contributed by atoms with van der Waals surface area (Å²) in [6, 6.07) is 7.23. The van der Waals surface area contributed by atoms with Crippen molar-refractivity contribution in [2.45, 2.75) is 39.3 Å². The molecule has 0 unspecified atom stereocenters. The van der Waals surface area contributed by atoms with Crippen LogP contribution in [0.25, 0.3) is 0 Å². The molecule has 0 radical (unpaired) electrons. The minimum atomic E-state index is -0.496. The van der Waals surface area contributed by atoms with Crippen LogP contribution in [-0.4, -0.2) is 11.7 Å². The molecule has 0 aromatic heterocycles. The minimum Gasteiger partial charge on any atom is -0.444 e. The summed E-state index contributed by atoms with van der Waals surface area (Å²) in [5.41, 5.74) is 0.379. The molecule has 0 spiro atoms. The van der Waals surface area contributed by atoms with E-state index in [9.17, 15) is 4.79 Å². The first-order chi connectivity index (χ1) is 7.79. The molecular formula is C13H18ClNO2. The maximum Gasteiger partial charge on any atom is 0.408 e. The largest absolute Gasteiger partial charge is 0.444 e. The van der Waals surface area contributed by atoms with Gasteiger partial charge in [-0.25, -0.2) is 4.79 Å². The molecule has 3 nitrogen and oxygen atoms in total. The van der Waals surface area contributed by atoms with Gasteiger partial charge in [0.2, 0.25) is 0 Å². The number of alkyl carbamates (subject to hydrolysis) is 1. The van der Waals surface area contributed by atoms with Crippen LogP contribution in [0.15, 0.2) is 24.3 Å². The quantitative estimate of drug-likeness (QED) is 0.870. The first-order valence-corrected chi connectivity index (χ1v) is 5.91. The van der Waals surface area contributed by atoms with E-state index >= 15 is 0 Å². The van der Waals surface area contributed by atoms with Crippen LogP contribution in [0.5, 0.6) is 0 Å². The van der Waals surface area contributed by atoms with Gasteiger partial charge in [-0.05, 0) is 39.3 Å². The van der Waals surface area contributed by atoms with Gasteiger partial charge in [0.1, 0.15) is 5.60 Å². The Morgan fingerprint density at radius 1 is 1.35 bits per heavy atom. The summed E-state index contributed by atoms with van der Waals surface area (Å²) < 4.78 is 5.18. The lowest BCUT2D eigenvalue weighted by atomic mass is 10.1. The van der Waals surface area contributed by atoms with Crippen LogP contribution in [0.2, 0.25) is 5.02 Å². The molecule has 0 saturated carbocycles. The highest BCUT2D eigenvalue weighted by Crippen LogP contribution is 2.22. The van der Waals surface area contributed by atoms with Gasteiger partial charge >= 0.3 is 6.09 Å². The zero-order valence-electron chi connectivity index (χ0n) is 10.6. The second-order valence-electron chi connectivity index (χ2n) is 4.89. The third kappa shape index (κ3) is 4.65. The molecule has 17 heavy (non-hydrogen) atoms. The molecule has 0 aliphatic rings. The van der Waals surface area contributed by atoms with E-state index < -0.39 is 11.7 Å². The maximum atomic E-state index is 11.6. The van der Waals surface area contributed by atoms with Gasteiger partial charge in [0.15, 0.2) is 0 Å². The van der Waals surface area contributed by atoms with Crippen molar-refractivity contribution in [2.75, 3.05) is 0 Å². The lowest BCUT2D eigenvalue weighted by molar-refractivity contribution is 0.0508. The fraction of sp³-hybridized carbons (Fsp3) is 0.462. The van der Waals surface area contributed by atoms with Crippen molar-refractivity contribution in [2.24, 2.45) is 0 Å². The Hall–Kier alpha value is -1.22. The van der Waals surface area contributed by atoms with Crippen molar-refractivity contribution < 1.29 is 9.53 Å². The number of amides is 1. The van der Waals surface area contributed by atoms with E-state index in [4.69, 9.17) is 16.3 Å². The van der Waals surface area contributed by atoms with Gasteiger partial charge in [0, 0.05) is 5.02 Å². The van der Waals surface area contributed by atoms with Gasteiger partial charge in [-0.2, -0.15) is 0 Å². The van der Waals surface area contributed by atoms with Gasteiger partial charge in [-0.3, -0.25) is 0 Å². The summed E-state index contributed by atoms with van der Waals surface area (Å²) in [6.45, 7) is 7.34. The molecule has 1 atom stereocenters. The number of halogens is 1. The fourth-order valence-electron chi connectivity index (χ4n) is 1.39. The average molecular weight is 256 g/mol. The molecule has 0 bridgehead atoms. The molecule has 0 aliphatic heterocycles. The Kier molecular flexibility index (Phi) is 4.40. The highest BCUT2D eigenvalue weighted by atomic mass is 35.5. The van der Waals surface area contributed by atoms with Crippen molar-refractivity contribution in [3.63, 3.8) is 0 Å². The standard InChI is InChI=1S/C13H18ClNO2/c1-9(10-7-5-6-8-11(10)14)15-12(16)17-13(2,3)4/h5-9H,1-4H3,(H,15,16)/t9-/m1/s1. The number of carbonyl (C=O) groups excluding carboxylic acids is 1. The number of carbonyl (C=O) groups is 1. The third-order valence-corrected chi connectivity index (χ3v) is 2.45. The molecule has 1 aromatic carbocycles. The summed E-state index contributed by atoms with van der Waals surface area (Å²) >= 11 is 6.04. The summed E-state index contributed by atoms with van der Waals surface area (Å²) in [5, 5.41) is 3.38. The predicted octanol–water partition coefficient (Wildman–Crippen LogP) is 3.93. The monoisotopic (exact) mass is 255 g/mol. The van der Waals surface area contributed by atoms with E-state index in [0.29, 0.717) is 5.02 Å². The molecule has 1 N–H and O–H groups in total. The molecule has 94 valence electrons. The summed E-state index contributed by atoms with van der Waals surface area (Å²) in [6.07, 6.45) is -0.440. The SMILES string of the molecule is C[C@@H](NC(=O)OC(C)(C)C)c1ccccc1Cl. The van der Waals surface area contributed by atoms with Gasteiger partial charge < -0.3 is 10.1 Å². The van der Waals surface area contributed by atoms with Crippen LogP contribution in [-0.2, 0) is 4.74 Å². The second kappa shape index (κ2) is 5.41. The molecule has 4 heteroatoms. The Morgan fingerprint density at radius 3 is 2.47 bits per heavy atom. The van der Waals surface area contributed by atoms with Crippen molar-refractivity contribution in [3.8, 4) is 0 Å². The van der Waals surface area contributed by atoms with Gasteiger partial charge in [0.05, 0.1) is 6.04 Å². The molecule has 1 amide bonds. The van der Waals surface area contributed by atoms with Crippen LogP contribution in [0.1, 0.15) is 39.3 Å². The smallest absolute Gasteiger partial charge is 0.408 e. The van der Waals surface area contributed by atoms with Crippen LogP contribution in [0.3, 0.4) is 0 Å². The molecule has 0 saturated heterocycles. The normalized spacial score (nSPS) is 13.0. The van der Waals surface area contributed by atoms with Crippen molar-refractivity contribution in [1.29, 1.82) is 0 Å². The third-order valence-electron chi connectivity index (χ3n) is 2.10. The zero-order valence-corrected chi connectivity index (χ0v) is 11.3. The fourth-order valence-corrected chi connectivity index (χ4v) is 1.69. The predicted molar refractivity (Wildman–Crippen MR) is 69.2 cm³/mol. The molecule has 0 fully saturated rings. The van der Waals surface area contributed by atoms with Crippen LogP contribution in [0.4, 0.5) is 4.79 Å². The van der Waals surface area contributed by atoms with Gasteiger partial charge in [0.25, 0.3) is 0 Å². The van der Waals surface area contributed by atoms with Crippen molar-refractivity contribution >= 4 is 17.7 Å². The van der Waals surface area contributed by atoms with Crippen molar-refractivity contribution in [3.05, 3.63) is 34.9 Å². The lowest BCUT2D eigenvalue weighted by Crippen LogP contribution is -2.34. The maximum absolute atomic E-state index is 11.6. The number of rotatable bonds is 2. The highest BCUT2D eigenvalue weighted by molar-refractivity contribution is 6.31. The van der Waals surface area contributed by atoms with Gasteiger partial charge in [-0.15, -0.1) is 0 Å². The number of hydrogen-bond donors (Lipinski definition) is 1. The number of ether oxygens (including phenoxy) is 1. The summed E-state index contributed by atoms with van der Waals surface area (Å²) in [5.74, 6) is 0. The molecule has 1 rings (SSSR count). The molecule has 0 aliphatic carbocycles.